The number of piperidine rings is 1. The maximum atomic E-state index is 12.8. The van der Waals surface area contributed by atoms with Crippen LogP contribution in [0.2, 0.25) is 0 Å². The molecule has 1 aliphatic carbocycles. The second kappa shape index (κ2) is 11.9. The van der Waals surface area contributed by atoms with Gasteiger partial charge in [0.25, 0.3) is 0 Å². The number of Topliss-reactive ketones (excluding diaryl/α,β-unsaturated/α-hetero) is 2. The van der Waals surface area contributed by atoms with Crippen molar-refractivity contribution in [1.29, 1.82) is 0 Å². The average molecular weight is 484 g/mol. The number of rotatable bonds is 4. The molecule has 2 fully saturated rings. The molecule has 2 heterocycles. The van der Waals surface area contributed by atoms with Crippen LogP contribution in [0.15, 0.2) is 59.9 Å². The molecule has 188 valence electrons. The Morgan fingerprint density at radius 3 is 2.06 bits per heavy atom. The number of nitrogens with two attached hydrogens (primary N) is 1. The number of nitrogens with zero attached hydrogens (tertiary/aromatic N) is 1. The number of quaternary nitrogens is 1. The van der Waals surface area contributed by atoms with Crippen molar-refractivity contribution < 1.29 is 30.2 Å². The zero-order valence-electron chi connectivity index (χ0n) is 20.4. The van der Waals surface area contributed by atoms with Gasteiger partial charge in [-0.3, -0.25) is 9.59 Å². The first-order chi connectivity index (χ1) is 17.1. The quantitative estimate of drug-likeness (QED) is 0.484. The van der Waals surface area contributed by atoms with E-state index in [4.69, 9.17) is 20.4 Å². The van der Waals surface area contributed by atoms with E-state index in [0.29, 0.717) is 30.9 Å². The Labute approximate surface area is 205 Å². The highest BCUT2D eigenvalue weighted by atomic mass is 16.7. The number of carbonyl (C=O) groups excluding carboxylic acids is 2. The molecule has 0 atom stereocenters. The van der Waals surface area contributed by atoms with Gasteiger partial charge in [0.05, 0.1) is 13.2 Å². The van der Waals surface area contributed by atoms with Gasteiger partial charge >= 0.3 is 0 Å². The van der Waals surface area contributed by atoms with Crippen molar-refractivity contribution in [2.24, 2.45) is 5.73 Å². The maximum absolute atomic E-state index is 12.8. The Morgan fingerprint density at radius 2 is 1.49 bits per heavy atom. The van der Waals surface area contributed by atoms with E-state index in [1.165, 1.54) is 0 Å². The summed E-state index contributed by atoms with van der Waals surface area (Å²) in [5, 5.41) is 9.83. The molecular formula is C26H35N4O5+. The summed E-state index contributed by atoms with van der Waals surface area (Å²) in [6, 6.07) is 15.0. The van der Waals surface area contributed by atoms with Gasteiger partial charge < -0.3 is 25.4 Å². The molecule has 9 heteroatoms. The Balaban J connectivity index is 0.000000815. The van der Waals surface area contributed by atoms with E-state index in [9.17, 15) is 9.59 Å². The summed E-state index contributed by atoms with van der Waals surface area (Å²) in [6.07, 6.45) is 1.72. The van der Waals surface area contributed by atoms with Crippen molar-refractivity contribution in [2.75, 3.05) is 31.2 Å². The maximum Gasteiger partial charge on any atom is 0.211 e. The number of carbonyl (C=O) groups is 2. The van der Waals surface area contributed by atoms with Crippen LogP contribution in [0.5, 0.6) is 0 Å². The van der Waals surface area contributed by atoms with E-state index >= 15 is 0 Å². The predicted octanol–water partition coefficient (Wildman–Crippen LogP) is 2.01. The molecule has 3 aliphatic rings. The first kappa shape index (κ1) is 26.4. The summed E-state index contributed by atoms with van der Waals surface area (Å²) < 4.78 is 11.6. The van der Waals surface area contributed by atoms with Crippen molar-refractivity contribution in [3.8, 4) is 0 Å². The molecule has 2 aromatic carbocycles. The van der Waals surface area contributed by atoms with E-state index in [1.54, 1.807) is 24.3 Å². The summed E-state index contributed by atoms with van der Waals surface area (Å²) in [4.78, 5) is 27.6. The number of ketones is 2. The number of anilines is 1. The number of hydrogen-bond acceptors (Lipinski definition) is 8. The van der Waals surface area contributed by atoms with Gasteiger partial charge in [-0.15, -0.1) is 0 Å². The van der Waals surface area contributed by atoms with Gasteiger partial charge in [0.15, 0.2) is 5.79 Å². The first-order valence-corrected chi connectivity index (χ1v) is 11.9. The lowest BCUT2D eigenvalue weighted by atomic mass is 9.90. The third-order valence-electron chi connectivity index (χ3n) is 6.27. The summed E-state index contributed by atoms with van der Waals surface area (Å²) in [6.45, 7) is 7.54. The molecular weight excluding hydrogens is 448 g/mol. The second-order valence-corrected chi connectivity index (χ2v) is 8.11. The standard InChI is InChI=1S/C24H25N3O4.C2H6.H4NO/c25-20-21(23(29)19-4-2-1-3-18(19)22(20)28)26-15-16-5-7-17(8-6-16)27-11-9-24(10-12-27)30-13-14-31-24;2*1-2/h1-8,26H,9-15,25H2;1-2H3;2H,1H3/q;;+1. The van der Waals surface area contributed by atoms with Crippen LogP contribution in [-0.4, -0.2) is 48.9 Å². The number of hydrogen-bond donors (Lipinski definition) is 4. The summed E-state index contributed by atoms with van der Waals surface area (Å²) >= 11 is 0. The molecule has 35 heavy (non-hydrogen) atoms. The molecule has 0 saturated carbocycles. The van der Waals surface area contributed by atoms with Gasteiger partial charge in [0.2, 0.25) is 11.6 Å². The number of fused-ring (bicyclic) bond motifs is 1. The lowest BCUT2D eigenvalue weighted by Gasteiger charge is -2.38. The van der Waals surface area contributed by atoms with E-state index in [0.717, 1.165) is 37.2 Å². The van der Waals surface area contributed by atoms with Crippen LogP contribution < -0.4 is 21.8 Å². The van der Waals surface area contributed by atoms with E-state index in [1.807, 2.05) is 26.0 Å². The smallest absolute Gasteiger partial charge is 0.211 e. The van der Waals surface area contributed by atoms with Crippen LogP contribution in [0.3, 0.4) is 0 Å². The molecule has 0 amide bonds. The molecule has 0 radical (unpaired) electrons. The second-order valence-electron chi connectivity index (χ2n) is 8.11. The summed E-state index contributed by atoms with van der Waals surface area (Å²) in [5.41, 5.74) is 9.02. The fourth-order valence-electron chi connectivity index (χ4n) is 4.48. The van der Waals surface area contributed by atoms with Gasteiger partial charge in [-0.25, -0.2) is 11.1 Å². The van der Waals surface area contributed by atoms with Gasteiger partial charge in [0.1, 0.15) is 11.4 Å². The van der Waals surface area contributed by atoms with Crippen molar-refractivity contribution in [3.63, 3.8) is 0 Å². The van der Waals surface area contributed by atoms with E-state index in [-0.39, 0.29) is 28.7 Å². The zero-order valence-corrected chi connectivity index (χ0v) is 20.4. The third kappa shape index (κ3) is 5.54. The van der Waals surface area contributed by atoms with Crippen molar-refractivity contribution in [2.45, 2.75) is 39.0 Å². The summed E-state index contributed by atoms with van der Waals surface area (Å²) in [5.74, 6) is 1.31. The van der Waals surface area contributed by atoms with Crippen LogP contribution in [0, 0.1) is 0 Å². The van der Waals surface area contributed by atoms with Crippen molar-refractivity contribution >= 4 is 17.3 Å². The zero-order chi connectivity index (χ0) is 25.4. The first-order valence-electron chi connectivity index (χ1n) is 11.9. The average Bonchev–Trinajstić information content (AvgIpc) is 3.38. The van der Waals surface area contributed by atoms with Crippen LogP contribution in [0.1, 0.15) is 53.0 Å². The minimum absolute atomic E-state index is 0.0288. The third-order valence-corrected chi connectivity index (χ3v) is 6.27. The Bertz CT molecular complexity index is 1050. The molecule has 2 aliphatic heterocycles. The molecule has 2 aromatic rings. The largest absolute Gasteiger partial charge is 0.394 e. The topological polar surface area (TPSA) is 142 Å². The highest BCUT2D eigenvalue weighted by Gasteiger charge is 2.39. The van der Waals surface area contributed by atoms with E-state index in [2.05, 4.69) is 28.2 Å². The predicted molar refractivity (Wildman–Crippen MR) is 132 cm³/mol. The SMILES string of the molecule is CC.NC1=C(NCc2ccc(N3CCC4(CC3)OCCO4)cc2)C(=O)c2ccccc2C1=O.[NH3+]O. The van der Waals surface area contributed by atoms with Gasteiger partial charge in [0, 0.05) is 49.3 Å². The molecule has 9 nitrogen and oxygen atoms in total. The van der Waals surface area contributed by atoms with Gasteiger partial charge in [-0.2, -0.15) is 0 Å². The van der Waals surface area contributed by atoms with Crippen LogP contribution >= 0.6 is 0 Å². The van der Waals surface area contributed by atoms with Crippen molar-refractivity contribution in [3.05, 3.63) is 76.6 Å². The molecule has 0 aromatic heterocycles. The Morgan fingerprint density at radius 1 is 0.943 bits per heavy atom. The summed E-state index contributed by atoms with van der Waals surface area (Å²) in [7, 11) is 0. The van der Waals surface area contributed by atoms with Crippen LogP contribution in [0.4, 0.5) is 5.69 Å². The number of benzene rings is 2. The molecule has 5 rings (SSSR count). The minimum atomic E-state index is -0.378. The normalized spacial score (nSPS) is 18.3. The number of ether oxygens (including phenoxy) is 2. The number of allylic oxidation sites excluding steroid dienone is 2. The molecule has 1 spiro atoms. The lowest BCUT2D eigenvalue weighted by Crippen LogP contribution is -2.45. The van der Waals surface area contributed by atoms with Gasteiger partial charge in [-0.1, -0.05) is 50.2 Å². The molecule has 0 bridgehead atoms. The Kier molecular flexibility index (Phi) is 9.00. The Hall–Kier alpha value is -3.24. The molecule has 0 unspecified atom stereocenters. The van der Waals surface area contributed by atoms with Gasteiger partial charge in [-0.05, 0) is 17.7 Å². The monoisotopic (exact) mass is 483 g/mol. The van der Waals surface area contributed by atoms with E-state index < -0.39 is 0 Å². The lowest BCUT2D eigenvalue weighted by molar-refractivity contribution is -0.670. The molecule has 2 saturated heterocycles. The molecule has 7 N–H and O–H groups in total. The van der Waals surface area contributed by atoms with Crippen LogP contribution in [-0.2, 0) is 16.0 Å². The highest BCUT2D eigenvalue weighted by Crippen LogP contribution is 2.33. The minimum Gasteiger partial charge on any atom is -0.394 e. The fourth-order valence-corrected chi connectivity index (χ4v) is 4.48. The highest BCUT2D eigenvalue weighted by molar-refractivity contribution is 6.26. The fraction of sp³-hybridized carbons (Fsp3) is 0.385. The van der Waals surface area contributed by atoms with Crippen LogP contribution in [0.25, 0.3) is 0 Å². The van der Waals surface area contributed by atoms with Crippen molar-refractivity contribution in [1.82, 2.24) is 5.32 Å². The number of nitrogens with one attached hydrogen (secondary N) is 1.